The Labute approximate surface area is 253 Å². The van der Waals surface area contributed by atoms with Gasteiger partial charge in [0.1, 0.15) is 5.75 Å². The van der Waals surface area contributed by atoms with Gasteiger partial charge in [0.2, 0.25) is 0 Å². The Hall–Kier alpha value is -2.01. The minimum Gasteiger partial charge on any atom is -0.493 e. The van der Waals surface area contributed by atoms with Gasteiger partial charge >= 0.3 is 0 Å². The van der Waals surface area contributed by atoms with E-state index >= 15 is 0 Å². The maximum Gasteiger partial charge on any atom is 0.261 e. The molecule has 0 radical (unpaired) electrons. The first-order chi connectivity index (χ1) is 19.8. The third kappa shape index (κ3) is 14.1. The number of benzene rings is 2. The molecule has 1 N–H and O–H groups in total. The molecule has 232 valence electrons. The molecule has 0 atom stereocenters. The zero-order chi connectivity index (χ0) is 29.8. The van der Waals surface area contributed by atoms with Crippen LogP contribution in [0.1, 0.15) is 149 Å². The summed E-state index contributed by atoms with van der Waals surface area (Å²) in [6.45, 7) is 9.70. The van der Waals surface area contributed by atoms with Gasteiger partial charge in [-0.15, -0.1) is 0 Å². The zero-order valence-electron chi connectivity index (χ0n) is 26.7. The maximum absolute atomic E-state index is 12.9. The molecule has 0 spiro atoms. The second-order valence-electron chi connectivity index (χ2n) is 12.4. The summed E-state index contributed by atoms with van der Waals surface area (Å²) in [5.74, 6) is 0.800. The van der Waals surface area contributed by atoms with Gasteiger partial charge in [0.25, 0.3) is 10.0 Å². The van der Waals surface area contributed by atoms with Crippen molar-refractivity contribution in [1.29, 1.82) is 0 Å². The summed E-state index contributed by atoms with van der Waals surface area (Å²) in [4.78, 5) is 0.258. The lowest BCUT2D eigenvalue weighted by atomic mass is 9.79. The fourth-order valence-corrected chi connectivity index (χ4v) is 6.58. The topological polar surface area (TPSA) is 55.4 Å². The molecular weight excluding hydrogens is 526 g/mol. The summed E-state index contributed by atoms with van der Waals surface area (Å²) in [7, 11) is -3.65. The summed E-state index contributed by atoms with van der Waals surface area (Å²) in [6.07, 6.45) is 23.3. The molecule has 0 aliphatic carbocycles. The molecule has 0 aliphatic heterocycles. The van der Waals surface area contributed by atoms with Gasteiger partial charge in [-0.3, -0.25) is 4.72 Å². The highest BCUT2D eigenvalue weighted by Crippen LogP contribution is 2.38. The van der Waals surface area contributed by atoms with Crippen LogP contribution in [0.4, 0.5) is 5.69 Å². The molecule has 0 amide bonds. The van der Waals surface area contributed by atoms with Gasteiger partial charge in [-0.05, 0) is 42.0 Å². The molecule has 0 heterocycles. The molecule has 0 saturated heterocycles. The van der Waals surface area contributed by atoms with Crippen molar-refractivity contribution in [1.82, 2.24) is 0 Å². The van der Waals surface area contributed by atoms with Crippen molar-refractivity contribution < 1.29 is 13.2 Å². The van der Waals surface area contributed by atoms with Gasteiger partial charge in [-0.25, -0.2) is 8.42 Å². The molecule has 0 aliphatic rings. The fraction of sp³-hybridized carbons (Fsp3) is 0.667. The van der Waals surface area contributed by atoms with E-state index in [9.17, 15) is 8.42 Å². The lowest BCUT2D eigenvalue weighted by molar-refractivity contribution is 0.293. The monoisotopic (exact) mass is 585 g/mol. The van der Waals surface area contributed by atoms with E-state index in [0.29, 0.717) is 12.3 Å². The average molecular weight is 586 g/mol. The highest BCUT2D eigenvalue weighted by atomic mass is 32.2. The van der Waals surface area contributed by atoms with Crippen molar-refractivity contribution in [3.05, 3.63) is 54.1 Å². The zero-order valence-corrected chi connectivity index (χ0v) is 27.5. The second kappa shape index (κ2) is 20.0. The van der Waals surface area contributed by atoms with E-state index in [1.165, 1.54) is 103 Å². The van der Waals surface area contributed by atoms with Gasteiger partial charge in [0.15, 0.2) is 0 Å². The van der Waals surface area contributed by atoms with Crippen LogP contribution in [0.2, 0.25) is 0 Å². The number of ether oxygens (including phenoxy) is 1. The van der Waals surface area contributed by atoms with Crippen LogP contribution in [0.25, 0.3) is 0 Å². The first-order valence-electron chi connectivity index (χ1n) is 16.7. The van der Waals surface area contributed by atoms with E-state index < -0.39 is 10.0 Å². The summed E-state index contributed by atoms with van der Waals surface area (Å²) >= 11 is 0. The van der Waals surface area contributed by atoms with Crippen LogP contribution in [-0.4, -0.2) is 15.0 Å². The fourth-order valence-electron chi connectivity index (χ4n) is 5.51. The summed E-state index contributed by atoms with van der Waals surface area (Å²) in [5.41, 5.74) is 1.65. The van der Waals surface area contributed by atoms with E-state index in [-0.39, 0.29) is 10.3 Å². The van der Waals surface area contributed by atoms with Crippen LogP contribution in [0, 0.1) is 0 Å². The van der Waals surface area contributed by atoms with Crippen molar-refractivity contribution in [3.63, 3.8) is 0 Å². The van der Waals surface area contributed by atoms with Gasteiger partial charge in [0, 0.05) is 6.07 Å². The quantitative estimate of drug-likeness (QED) is 0.125. The predicted molar refractivity (Wildman–Crippen MR) is 177 cm³/mol. The summed E-state index contributed by atoms with van der Waals surface area (Å²) < 4.78 is 35.0. The predicted octanol–water partition coefficient (Wildman–Crippen LogP) is 11.2. The average Bonchev–Trinajstić information content (AvgIpc) is 2.95. The van der Waals surface area contributed by atoms with Crippen LogP contribution < -0.4 is 9.46 Å². The Morgan fingerprint density at radius 2 is 1.17 bits per heavy atom. The molecule has 0 bridgehead atoms. The first-order valence-corrected chi connectivity index (χ1v) is 18.1. The Balaban J connectivity index is 1.84. The number of nitrogens with one attached hydrogen (secondary N) is 1. The molecule has 5 heteroatoms. The minimum atomic E-state index is -3.65. The number of unbranched alkanes of at least 4 members (excludes halogenated alkanes) is 15. The van der Waals surface area contributed by atoms with Crippen LogP contribution in [0.5, 0.6) is 5.75 Å². The maximum atomic E-state index is 12.9. The van der Waals surface area contributed by atoms with Crippen molar-refractivity contribution in [2.75, 3.05) is 11.3 Å². The molecule has 0 fully saturated rings. The molecule has 4 nitrogen and oxygen atoms in total. The van der Waals surface area contributed by atoms with Crippen LogP contribution in [0.3, 0.4) is 0 Å². The molecule has 2 aromatic rings. The van der Waals surface area contributed by atoms with Gasteiger partial charge in [-0.2, -0.15) is 0 Å². The van der Waals surface area contributed by atoms with E-state index in [4.69, 9.17) is 4.74 Å². The number of hydrogen-bond donors (Lipinski definition) is 1. The molecule has 41 heavy (non-hydrogen) atoms. The Morgan fingerprint density at radius 1 is 0.659 bits per heavy atom. The largest absolute Gasteiger partial charge is 0.493 e. The Bertz CT molecular complexity index is 1050. The van der Waals surface area contributed by atoms with Crippen molar-refractivity contribution in [3.8, 4) is 5.75 Å². The lowest BCUT2D eigenvalue weighted by Gasteiger charge is -2.28. The van der Waals surface area contributed by atoms with E-state index in [1.807, 2.05) is 18.2 Å². The summed E-state index contributed by atoms with van der Waals surface area (Å²) in [6, 6.07) is 14.3. The highest BCUT2D eigenvalue weighted by molar-refractivity contribution is 7.92. The van der Waals surface area contributed by atoms with Gasteiger partial charge < -0.3 is 4.74 Å². The highest BCUT2D eigenvalue weighted by Gasteiger charge is 2.25. The molecule has 0 aromatic heterocycles. The number of anilines is 1. The van der Waals surface area contributed by atoms with E-state index in [0.717, 1.165) is 24.2 Å². The molecular formula is C36H59NO3S. The second-order valence-corrected chi connectivity index (χ2v) is 14.1. The van der Waals surface area contributed by atoms with E-state index in [2.05, 4.69) is 38.5 Å². The van der Waals surface area contributed by atoms with Gasteiger partial charge in [-0.1, -0.05) is 155 Å². The molecule has 2 aromatic carbocycles. The van der Waals surface area contributed by atoms with Crippen LogP contribution >= 0.6 is 0 Å². The Morgan fingerprint density at radius 3 is 1.73 bits per heavy atom. The number of hydrogen-bond acceptors (Lipinski definition) is 3. The van der Waals surface area contributed by atoms with Crippen molar-refractivity contribution in [2.45, 2.75) is 154 Å². The van der Waals surface area contributed by atoms with Crippen LogP contribution in [0.15, 0.2) is 53.4 Å². The van der Waals surface area contributed by atoms with Crippen molar-refractivity contribution in [2.24, 2.45) is 0 Å². The Kier molecular flexibility index (Phi) is 17.2. The standard InChI is InChI=1S/C36H59NO3S/c1-5-7-9-10-11-12-13-14-15-16-17-18-19-24-30-40-35-31-32(37-41(38,39)33-25-21-20-22-26-33)27-28-34(35)36(3,4)29-23-8-6-2/h20-22,25-28,31,37H,5-19,23-24,29-30H2,1-4H3. The van der Waals surface area contributed by atoms with Gasteiger partial charge in [0.05, 0.1) is 17.2 Å². The SMILES string of the molecule is CCCCCCCCCCCCCCCCOc1cc(NS(=O)(=O)c2ccccc2)ccc1C(C)(C)CCCCC. The van der Waals surface area contributed by atoms with Crippen molar-refractivity contribution >= 4 is 15.7 Å². The normalized spacial score (nSPS) is 12.0. The number of rotatable bonds is 24. The third-order valence-corrected chi connectivity index (χ3v) is 9.57. The lowest BCUT2D eigenvalue weighted by Crippen LogP contribution is -2.19. The molecule has 2 rings (SSSR count). The summed E-state index contributed by atoms with van der Waals surface area (Å²) in [5, 5.41) is 0. The van der Waals surface area contributed by atoms with E-state index in [1.54, 1.807) is 24.3 Å². The smallest absolute Gasteiger partial charge is 0.261 e. The first kappa shape index (κ1) is 35.2. The molecule has 0 unspecified atom stereocenters. The molecule has 0 saturated carbocycles. The van der Waals surface area contributed by atoms with Crippen LogP contribution in [-0.2, 0) is 15.4 Å². The third-order valence-electron chi connectivity index (χ3n) is 8.18. The minimum absolute atomic E-state index is 0.0448. The number of sulfonamides is 1.